The SMILES string of the molecule is CC(=O)CCC(C)(C)OCCC(C)(C)NC(=O)Cn1cc(CN(C)C(C)C)nn1. The molecule has 0 aliphatic heterocycles. The van der Waals surface area contributed by atoms with E-state index in [0.717, 1.165) is 5.69 Å². The first-order valence-corrected chi connectivity index (χ1v) is 10.3. The number of rotatable bonds is 13. The van der Waals surface area contributed by atoms with Crippen molar-refractivity contribution in [3.8, 4) is 0 Å². The molecular weight excluding hydrogens is 370 g/mol. The van der Waals surface area contributed by atoms with Gasteiger partial charge in [0, 0.05) is 31.2 Å². The van der Waals surface area contributed by atoms with Crippen LogP contribution in [0.25, 0.3) is 0 Å². The largest absolute Gasteiger partial charge is 0.375 e. The molecule has 1 aromatic heterocycles. The number of Topliss-reactive ketones (excluding diaryl/α,β-unsaturated/α-hetero) is 1. The van der Waals surface area contributed by atoms with Gasteiger partial charge in [0.1, 0.15) is 12.3 Å². The van der Waals surface area contributed by atoms with E-state index in [2.05, 4.69) is 34.4 Å². The second-order valence-corrected chi connectivity index (χ2v) is 9.41. The van der Waals surface area contributed by atoms with Gasteiger partial charge in [-0.15, -0.1) is 5.10 Å². The van der Waals surface area contributed by atoms with E-state index in [0.29, 0.717) is 38.5 Å². The molecule has 0 fully saturated rings. The van der Waals surface area contributed by atoms with Crippen LogP contribution < -0.4 is 5.32 Å². The van der Waals surface area contributed by atoms with Gasteiger partial charge in [-0.2, -0.15) is 0 Å². The summed E-state index contributed by atoms with van der Waals surface area (Å²) in [5, 5.41) is 11.2. The van der Waals surface area contributed by atoms with E-state index in [-0.39, 0.29) is 23.8 Å². The fraction of sp³-hybridized carbons (Fsp3) is 0.810. The van der Waals surface area contributed by atoms with Gasteiger partial charge in [-0.05, 0) is 68.4 Å². The van der Waals surface area contributed by atoms with Crippen molar-refractivity contribution < 1.29 is 14.3 Å². The number of hydrogen-bond donors (Lipinski definition) is 1. The summed E-state index contributed by atoms with van der Waals surface area (Å²) in [7, 11) is 2.03. The predicted octanol–water partition coefficient (Wildman–Crippen LogP) is 2.57. The Hall–Kier alpha value is -1.80. The zero-order valence-electron chi connectivity index (χ0n) is 19.4. The van der Waals surface area contributed by atoms with Crippen LogP contribution >= 0.6 is 0 Å². The summed E-state index contributed by atoms with van der Waals surface area (Å²) in [6.45, 7) is 15.1. The summed E-state index contributed by atoms with van der Waals surface area (Å²) in [6.07, 6.45) is 3.69. The van der Waals surface area contributed by atoms with Gasteiger partial charge in [-0.1, -0.05) is 5.21 Å². The molecule has 0 atom stereocenters. The monoisotopic (exact) mass is 409 g/mol. The van der Waals surface area contributed by atoms with Crippen molar-refractivity contribution in [1.82, 2.24) is 25.2 Å². The van der Waals surface area contributed by atoms with Gasteiger partial charge >= 0.3 is 0 Å². The average molecular weight is 410 g/mol. The second kappa shape index (κ2) is 10.8. The molecule has 29 heavy (non-hydrogen) atoms. The molecule has 1 N–H and O–H groups in total. The Bertz CT molecular complexity index is 667. The van der Waals surface area contributed by atoms with Gasteiger partial charge in [-0.3, -0.25) is 9.69 Å². The summed E-state index contributed by atoms with van der Waals surface area (Å²) < 4.78 is 7.51. The van der Waals surface area contributed by atoms with E-state index < -0.39 is 5.54 Å². The standard InChI is InChI=1S/C21H39N5O3/c1-16(2)25(8)13-18-14-26(24-23-18)15-19(28)22-20(4,5)11-12-29-21(6,7)10-9-17(3)27/h14,16H,9-13,15H2,1-8H3,(H,22,28). The summed E-state index contributed by atoms with van der Waals surface area (Å²) in [4.78, 5) is 25.7. The molecule has 1 amide bonds. The molecule has 1 heterocycles. The molecule has 0 aromatic carbocycles. The Morgan fingerprint density at radius 2 is 1.90 bits per heavy atom. The Kier molecular flexibility index (Phi) is 9.42. The van der Waals surface area contributed by atoms with Crippen molar-refractivity contribution in [3.63, 3.8) is 0 Å². The molecule has 0 unspecified atom stereocenters. The Morgan fingerprint density at radius 1 is 1.24 bits per heavy atom. The van der Waals surface area contributed by atoms with Crippen molar-refractivity contribution in [1.29, 1.82) is 0 Å². The maximum Gasteiger partial charge on any atom is 0.242 e. The third-order valence-corrected chi connectivity index (χ3v) is 4.96. The van der Waals surface area contributed by atoms with Gasteiger partial charge < -0.3 is 14.8 Å². The van der Waals surface area contributed by atoms with E-state index in [1.165, 1.54) is 0 Å². The van der Waals surface area contributed by atoms with Crippen LogP contribution in [-0.2, 0) is 27.4 Å². The Labute approximate surface area is 175 Å². The van der Waals surface area contributed by atoms with Crippen LogP contribution in [0.2, 0.25) is 0 Å². The van der Waals surface area contributed by atoms with Crippen LogP contribution in [0.1, 0.15) is 73.4 Å². The first kappa shape index (κ1) is 25.2. The third kappa shape index (κ3) is 10.5. The molecule has 166 valence electrons. The topological polar surface area (TPSA) is 89.4 Å². The van der Waals surface area contributed by atoms with Gasteiger partial charge in [0.2, 0.25) is 5.91 Å². The van der Waals surface area contributed by atoms with Crippen molar-refractivity contribution >= 4 is 11.7 Å². The average Bonchev–Trinajstić information content (AvgIpc) is 2.98. The minimum absolute atomic E-state index is 0.112. The summed E-state index contributed by atoms with van der Waals surface area (Å²) in [5.41, 5.74) is 0.0792. The van der Waals surface area contributed by atoms with Gasteiger partial charge in [-0.25, -0.2) is 4.68 Å². The van der Waals surface area contributed by atoms with Gasteiger partial charge in [0.25, 0.3) is 0 Å². The van der Waals surface area contributed by atoms with Crippen molar-refractivity contribution in [2.45, 2.75) is 98.0 Å². The van der Waals surface area contributed by atoms with Crippen LogP contribution in [0.15, 0.2) is 6.20 Å². The van der Waals surface area contributed by atoms with E-state index in [1.807, 2.05) is 40.9 Å². The molecule has 0 saturated heterocycles. The van der Waals surface area contributed by atoms with E-state index in [4.69, 9.17) is 4.74 Å². The molecule has 0 radical (unpaired) electrons. The molecule has 8 heteroatoms. The molecule has 1 rings (SSSR count). The van der Waals surface area contributed by atoms with E-state index in [9.17, 15) is 9.59 Å². The lowest BCUT2D eigenvalue weighted by Crippen LogP contribution is -2.46. The Morgan fingerprint density at radius 3 is 2.48 bits per heavy atom. The van der Waals surface area contributed by atoms with E-state index in [1.54, 1.807) is 11.6 Å². The van der Waals surface area contributed by atoms with Crippen LogP contribution in [0.4, 0.5) is 0 Å². The maximum atomic E-state index is 12.4. The number of amides is 1. The highest BCUT2D eigenvalue weighted by Gasteiger charge is 2.24. The smallest absolute Gasteiger partial charge is 0.242 e. The molecule has 8 nitrogen and oxygen atoms in total. The maximum absolute atomic E-state index is 12.4. The molecule has 0 aliphatic rings. The molecule has 0 saturated carbocycles. The number of ketones is 1. The van der Waals surface area contributed by atoms with E-state index >= 15 is 0 Å². The molecule has 0 aliphatic carbocycles. The van der Waals surface area contributed by atoms with Crippen molar-refractivity contribution in [2.24, 2.45) is 0 Å². The lowest BCUT2D eigenvalue weighted by molar-refractivity contribution is -0.124. The van der Waals surface area contributed by atoms with Gasteiger partial charge in [0.05, 0.1) is 17.5 Å². The highest BCUT2D eigenvalue weighted by Crippen LogP contribution is 2.19. The normalized spacial score (nSPS) is 12.6. The minimum Gasteiger partial charge on any atom is -0.375 e. The minimum atomic E-state index is -0.408. The van der Waals surface area contributed by atoms with Crippen LogP contribution in [0.3, 0.4) is 0 Å². The van der Waals surface area contributed by atoms with Crippen LogP contribution in [-0.4, -0.2) is 62.4 Å². The highest BCUT2D eigenvalue weighted by molar-refractivity contribution is 5.76. The number of nitrogens with zero attached hydrogens (tertiary/aromatic N) is 4. The van der Waals surface area contributed by atoms with Gasteiger partial charge in [0.15, 0.2) is 0 Å². The number of ether oxygens (including phenoxy) is 1. The van der Waals surface area contributed by atoms with Crippen LogP contribution in [0.5, 0.6) is 0 Å². The highest BCUT2D eigenvalue weighted by atomic mass is 16.5. The first-order valence-electron chi connectivity index (χ1n) is 10.3. The molecule has 1 aromatic rings. The predicted molar refractivity (Wildman–Crippen MR) is 113 cm³/mol. The Balaban J connectivity index is 2.44. The third-order valence-electron chi connectivity index (χ3n) is 4.96. The lowest BCUT2D eigenvalue weighted by atomic mass is 9.99. The molecular formula is C21H39N5O3. The zero-order chi connectivity index (χ0) is 22.2. The summed E-state index contributed by atoms with van der Waals surface area (Å²) in [6, 6.07) is 0.416. The second-order valence-electron chi connectivity index (χ2n) is 9.41. The quantitative estimate of drug-likeness (QED) is 0.539. The molecule has 0 spiro atoms. The lowest BCUT2D eigenvalue weighted by Gasteiger charge is -2.30. The summed E-state index contributed by atoms with van der Waals surface area (Å²) in [5.74, 6) is 0.0564. The van der Waals surface area contributed by atoms with Crippen LogP contribution in [0, 0.1) is 0 Å². The fourth-order valence-electron chi connectivity index (χ4n) is 2.68. The number of carbonyl (C=O) groups is 2. The number of carbonyl (C=O) groups excluding carboxylic acids is 2. The molecule has 0 bridgehead atoms. The number of nitrogens with one attached hydrogen (secondary N) is 1. The summed E-state index contributed by atoms with van der Waals surface area (Å²) >= 11 is 0. The fourth-order valence-corrected chi connectivity index (χ4v) is 2.68. The number of hydrogen-bond acceptors (Lipinski definition) is 6. The first-order chi connectivity index (χ1) is 13.3. The van der Waals surface area contributed by atoms with Crippen molar-refractivity contribution in [3.05, 3.63) is 11.9 Å². The van der Waals surface area contributed by atoms with Crippen molar-refractivity contribution in [2.75, 3.05) is 13.7 Å². The number of aromatic nitrogens is 3. The zero-order valence-corrected chi connectivity index (χ0v) is 19.4.